The average molecular weight is 420 g/mol. The molecule has 164 valence electrons. The van der Waals surface area contributed by atoms with E-state index < -0.39 is 0 Å². The summed E-state index contributed by atoms with van der Waals surface area (Å²) in [6.07, 6.45) is 4.61. The molecule has 0 bridgehead atoms. The monoisotopic (exact) mass is 419 g/mol. The molecule has 1 aromatic heterocycles. The van der Waals surface area contributed by atoms with Crippen LogP contribution in [0.3, 0.4) is 0 Å². The van der Waals surface area contributed by atoms with Gasteiger partial charge in [-0.25, -0.2) is 4.98 Å². The van der Waals surface area contributed by atoms with Crippen molar-refractivity contribution in [2.24, 2.45) is 12.5 Å². The zero-order valence-electron chi connectivity index (χ0n) is 18.7. The van der Waals surface area contributed by atoms with Crippen LogP contribution in [0, 0.1) is 5.41 Å². The predicted octanol–water partition coefficient (Wildman–Crippen LogP) is 4.74. The highest BCUT2D eigenvalue weighted by molar-refractivity contribution is 5.77. The van der Waals surface area contributed by atoms with Gasteiger partial charge in [0.25, 0.3) is 0 Å². The number of fused-ring (bicyclic) bond motifs is 1. The molecular weight excluding hydrogens is 386 g/mol. The highest BCUT2D eigenvalue weighted by atomic mass is 16.5. The Morgan fingerprint density at radius 2 is 1.77 bits per heavy atom. The summed E-state index contributed by atoms with van der Waals surface area (Å²) in [6, 6.07) is 18.8. The maximum Gasteiger partial charge on any atom is 0.312 e. The number of esters is 1. The number of benzene rings is 2. The summed E-state index contributed by atoms with van der Waals surface area (Å²) in [5.41, 5.74) is 3.18. The quantitative estimate of drug-likeness (QED) is 0.495. The number of imidazole rings is 1. The summed E-state index contributed by atoms with van der Waals surface area (Å²) in [5, 5.41) is 0. The molecule has 0 aliphatic carbocycles. The zero-order chi connectivity index (χ0) is 21.7. The minimum atomic E-state index is -0.354. The second-order valence-electron chi connectivity index (χ2n) is 8.69. The van der Waals surface area contributed by atoms with Crippen LogP contribution in [0.4, 0.5) is 0 Å². The Bertz CT molecular complexity index is 1000. The molecule has 0 amide bonds. The van der Waals surface area contributed by atoms with Crippen molar-refractivity contribution in [3.05, 3.63) is 66.0 Å². The van der Waals surface area contributed by atoms with Crippen LogP contribution in [0.1, 0.15) is 44.0 Å². The van der Waals surface area contributed by atoms with Crippen LogP contribution in [-0.4, -0.2) is 40.1 Å². The van der Waals surface area contributed by atoms with Crippen molar-refractivity contribution in [2.75, 3.05) is 19.7 Å². The van der Waals surface area contributed by atoms with Crippen LogP contribution >= 0.6 is 0 Å². The van der Waals surface area contributed by atoms with Crippen molar-refractivity contribution in [1.82, 2.24) is 14.5 Å². The Morgan fingerprint density at radius 1 is 1.06 bits per heavy atom. The number of rotatable bonds is 8. The summed E-state index contributed by atoms with van der Waals surface area (Å²) < 4.78 is 7.71. The number of carbonyl (C=O) groups is 1. The third-order valence-electron chi connectivity index (χ3n) is 6.73. The molecule has 0 radical (unpaired) electrons. The number of ether oxygens (including phenoxy) is 1. The normalized spacial score (nSPS) is 16.5. The molecule has 0 atom stereocenters. The van der Waals surface area contributed by atoms with E-state index in [0.29, 0.717) is 6.61 Å². The molecule has 0 saturated carbocycles. The molecule has 2 aromatic carbocycles. The Balaban J connectivity index is 1.39. The first-order valence-electron chi connectivity index (χ1n) is 11.5. The van der Waals surface area contributed by atoms with E-state index in [9.17, 15) is 4.79 Å². The maximum atomic E-state index is 12.9. The lowest BCUT2D eigenvalue weighted by Crippen LogP contribution is -2.45. The summed E-state index contributed by atoms with van der Waals surface area (Å²) in [5.74, 6) is 1.07. The molecular formula is C26H33N3O2. The second-order valence-corrected chi connectivity index (χ2v) is 8.69. The van der Waals surface area contributed by atoms with E-state index >= 15 is 0 Å². The third-order valence-corrected chi connectivity index (χ3v) is 6.73. The van der Waals surface area contributed by atoms with E-state index in [0.717, 1.165) is 68.6 Å². The fourth-order valence-corrected chi connectivity index (χ4v) is 4.79. The van der Waals surface area contributed by atoms with Gasteiger partial charge in [-0.15, -0.1) is 0 Å². The van der Waals surface area contributed by atoms with Crippen LogP contribution in [0.2, 0.25) is 0 Å². The van der Waals surface area contributed by atoms with Gasteiger partial charge in [0.05, 0.1) is 29.6 Å². The highest BCUT2D eigenvalue weighted by Crippen LogP contribution is 2.38. The van der Waals surface area contributed by atoms with Crippen molar-refractivity contribution in [2.45, 2.75) is 45.6 Å². The number of aromatic nitrogens is 2. The fraction of sp³-hybridized carbons (Fsp3) is 0.462. The molecule has 5 heteroatoms. The lowest BCUT2D eigenvalue weighted by atomic mass is 9.74. The highest BCUT2D eigenvalue weighted by Gasteiger charge is 2.42. The topological polar surface area (TPSA) is 47.4 Å². The summed E-state index contributed by atoms with van der Waals surface area (Å²) in [4.78, 5) is 20.2. The number of para-hydroxylation sites is 2. The summed E-state index contributed by atoms with van der Waals surface area (Å²) in [6.45, 7) is 4.95. The Hall–Kier alpha value is -2.66. The molecule has 3 aromatic rings. The minimum Gasteiger partial charge on any atom is -0.466 e. The van der Waals surface area contributed by atoms with Crippen molar-refractivity contribution in [3.8, 4) is 0 Å². The lowest BCUT2D eigenvalue weighted by molar-refractivity contribution is -0.159. The number of aryl methyl sites for hydroxylation is 2. The lowest BCUT2D eigenvalue weighted by Gasteiger charge is -2.40. The third kappa shape index (κ3) is 4.82. The number of likely N-dealkylation sites (tertiary alicyclic amines) is 1. The second kappa shape index (κ2) is 9.65. The largest absolute Gasteiger partial charge is 0.466 e. The Kier molecular flexibility index (Phi) is 6.71. The van der Waals surface area contributed by atoms with Crippen LogP contribution < -0.4 is 0 Å². The van der Waals surface area contributed by atoms with E-state index in [-0.39, 0.29) is 11.4 Å². The summed E-state index contributed by atoms with van der Waals surface area (Å²) in [7, 11) is 2.08. The van der Waals surface area contributed by atoms with Crippen LogP contribution in [0.15, 0.2) is 54.6 Å². The van der Waals surface area contributed by atoms with Gasteiger partial charge in [-0.3, -0.25) is 9.69 Å². The van der Waals surface area contributed by atoms with Crippen molar-refractivity contribution >= 4 is 17.0 Å². The first-order valence-corrected chi connectivity index (χ1v) is 11.5. The molecule has 1 aliphatic rings. The molecule has 0 unspecified atom stereocenters. The standard InChI is InChI=1S/C26H33N3O2/c1-3-31-25(30)26(15-9-12-21-10-5-4-6-11-21)16-18-29(19-17-26)20-24-27-22-13-7-8-14-23(22)28(24)2/h4-8,10-11,13-14H,3,9,12,15-20H2,1-2H3. The van der Waals surface area contributed by atoms with Crippen LogP contribution in [-0.2, 0) is 29.5 Å². The number of piperidine rings is 1. The minimum absolute atomic E-state index is 0.00885. The van der Waals surface area contributed by atoms with Crippen molar-refractivity contribution < 1.29 is 9.53 Å². The number of hydrogen-bond donors (Lipinski definition) is 0. The van der Waals surface area contributed by atoms with Gasteiger partial charge in [0.2, 0.25) is 0 Å². The van der Waals surface area contributed by atoms with Gasteiger partial charge in [0.15, 0.2) is 0 Å². The van der Waals surface area contributed by atoms with Gasteiger partial charge in [-0.05, 0) is 69.8 Å². The molecule has 1 saturated heterocycles. The summed E-state index contributed by atoms with van der Waals surface area (Å²) >= 11 is 0. The van der Waals surface area contributed by atoms with Gasteiger partial charge in [0, 0.05) is 7.05 Å². The van der Waals surface area contributed by atoms with Crippen molar-refractivity contribution in [1.29, 1.82) is 0 Å². The van der Waals surface area contributed by atoms with Crippen molar-refractivity contribution in [3.63, 3.8) is 0 Å². The number of nitrogens with zero attached hydrogens (tertiary/aromatic N) is 3. The van der Waals surface area contributed by atoms with Crippen LogP contribution in [0.5, 0.6) is 0 Å². The Labute approximate surface area is 185 Å². The predicted molar refractivity (Wildman–Crippen MR) is 124 cm³/mol. The molecule has 4 rings (SSSR count). The average Bonchev–Trinajstić information content (AvgIpc) is 3.11. The molecule has 1 fully saturated rings. The van der Waals surface area contributed by atoms with Gasteiger partial charge in [0.1, 0.15) is 5.82 Å². The molecule has 31 heavy (non-hydrogen) atoms. The maximum absolute atomic E-state index is 12.9. The van der Waals surface area contributed by atoms with E-state index in [4.69, 9.17) is 9.72 Å². The Morgan fingerprint density at radius 3 is 2.48 bits per heavy atom. The van der Waals surface area contributed by atoms with Gasteiger partial charge in [-0.2, -0.15) is 0 Å². The van der Waals surface area contributed by atoms with E-state index in [1.54, 1.807) is 0 Å². The zero-order valence-corrected chi connectivity index (χ0v) is 18.7. The van der Waals surface area contributed by atoms with E-state index in [1.165, 1.54) is 5.56 Å². The first kappa shape index (κ1) is 21.6. The van der Waals surface area contributed by atoms with Gasteiger partial charge < -0.3 is 9.30 Å². The molecule has 5 nitrogen and oxygen atoms in total. The van der Waals surface area contributed by atoms with Gasteiger partial charge in [-0.1, -0.05) is 42.5 Å². The van der Waals surface area contributed by atoms with E-state index in [2.05, 4.69) is 59.0 Å². The van der Waals surface area contributed by atoms with E-state index in [1.807, 2.05) is 19.1 Å². The molecule has 2 heterocycles. The number of hydrogen-bond acceptors (Lipinski definition) is 4. The van der Waals surface area contributed by atoms with Crippen LogP contribution in [0.25, 0.3) is 11.0 Å². The molecule has 0 N–H and O–H groups in total. The molecule has 0 spiro atoms. The SMILES string of the molecule is CCOC(=O)C1(CCCc2ccccc2)CCN(Cc2nc3ccccc3n2C)CC1. The smallest absolute Gasteiger partial charge is 0.312 e. The molecule has 1 aliphatic heterocycles. The number of carbonyl (C=O) groups excluding carboxylic acids is 1. The first-order chi connectivity index (χ1) is 15.1. The van der Waals surface area contributed by atoms with Gasteiger partial charge >= 0.3 is 5.97 Å². The fourth-order valence-electron chi connectivity index (χ4n) is 4.79.